The fraction of sp³-hybridized carbons (Fsp3) is 0.100. The van der Waals surface area contributed by atoms with Crippen LogP contribution in [0.3, 0.4) is 0 Å². The summed E-state index contributed by atoms with van der Waals surface area (Å²) in [6.07, 6.45) is 0. The van der Waals surface area contributed by atoms with Crippen molar-refractivity contribution in [1.29, 1.82) is 0 Å². The van der Waals surface area contributed by atoms with E-state index in [2.05, 4.69) is 10.6 Å². The Hall–Kier alpha value is -2.67. The molecule has 0 fully saturated rings. The van der Waals surface area contributed by atoms with E-state index in [-0.39, 0.29) is 23.9 Å². The van der Waals surface area contributed by atoms with Crippen LogP contribution in [0, 0.1) is 0 Å². The lowest BCUT2D eigenvalue weighted by Gasteiger charge is -2.08. The van der Waals surface area contributed by atoms with Gasteiger partial charge in [-0.3, -0.25) is 9.59 Å². The van der Waals surface area contributed by atoms with Crippen molar-refractivity contribution >= 4 is 52.3 Å². The van der Waals surface area contributed by atoms with E-state index in [0.717, 1.165) is 0 Å². The molecule has 3 aromatic rings. The zero-order chi connectivity index (χ0) is 20.8. The minimum Gasteiger partial charge on any atom is -0.486 e. The number of halogens is 3. The first-order valence-electron chi connectivity index (χ1n) is 8.41. The summed E-state index contributed by atoms with van der Waals surface area (Å²) >= 11 is 17.7. The predicted octanol–water partition coefficient (Wildman–Crippen LogP) is 5.19. The van der Waals surface area contributed by atoms with E-state index in [0.29, 0.717) is 27.2 Å². The van der Waals surface area contributed by atoms with Crippen molar-refractivity contribution in [3.63, 3.8) is 0 Å². The Balaban J connectivity index is 1.49. The van der Waals surface area contributed by atoms with Crippen LogP contribution < -0.4 is 15.4 Å². The van der Waals surface area contributed by atoms with Crippen molar-refractivity contribution in [2.24, 2.45) is 0 Å². The highest BCUT2D eigenvalue weighted by atomic mass is 35.5. The normalized spacial score (nSPS) is 10.4. The molecule has 2 aromatic carbocycles. The molecule has 0 radical (unpaired) electrons. The lowest BCUT2D eigenvalue weighted by Crippen LogP contribution is -2.32. The zero-order valence-corrected chi connectivity index (χ0v) is 17.1. The van der Waals surface area contributed by atoms with Crippen molar-refractivity contribution < 1.29 is 18.7 Å². The van der Waals surface area contributed by atoms with Crippen molar-refractivity contribution in [1.82, 2.24) is 5.32 Å². The Bertz CT molecular complexity index is 1020. The van der Waals surface area contributed by atoms with Crippen LogP contribution in [0.15, 0.2) is 59.0 Å². The quantitative estimate of drug-likeness (QED) is 0.516. The number of amides is 2. The van der Waals surface area contributed by atoms with Gasteiger partial charge >= 0.3 is 0 Å². The predicted molar refractivity (Wildman–Crippen MR) is 112 cm³/mol. The van der Waals surface area contributed by atoms with E-state index < -0.39 is 11.8 Å². The average Bonchev–Trinajstić information content (AvgIpc) is 3.18. The van der Waals surface area contributed by atoms with Crippen molar-refractivity contribution in [2.45, 2.75) is 6.61 Å². The van der Waals surface area contributed by atoms with Crippen LogP contribution in [0.1, 0.15) is 16.3 Å². The maximum Gasteiger partial charge on any atom is 0.287 e. The second kappa shape index (κ2) is 9.69. The molecule has 0 unspecified atom stereocenters. The third-order valence-electron chi connectivity index (χ3n) is 3.72. The van der Waals surface area contributed by atoms with E-state index in [1.165, 1.54) is 6.07 Å². The van der Waals surface area contributed by atoms with Crippen molar-refractivity contribution in [3.05, 3.63) is 81.2 Å². The monoisotopic (exact) mass is 452 g/mol. The number of carbonyl (C=O) groups excluding carboxylic acids is 2. The first kappa shape index (κ1) is 21.0. The molecule has 6 nitrogen and oxygen atoms in total. The summed E-state index contributed by atoms with van der Waals surface area (Å²) in [5.74, 6) is 0.150. The largest absolute Gasteiger partial charge is 0.486 e. The molecule has 1 heterocycles. The number of ether oxygens (including phenoxy) is 1. The van der Waals surface area contributed by atoms with E-state index in [9.17, 15) is 9.59 Å². The van der Waals surface area contributed by atoms with Gasteiger partial charge in [0.2, 0.25) is 5.91 Å². The molecule has 0 saturated carbocycles. The maximum absolute atomic E-state index is 12.2. The van der Waals surface area contributed by atoms with E-state index in [4.69, 9.17) is 44.0 Å². The van der Waals surface area contributed by atoms with Gasteiger partial charge in [0, 0.05) is 5.02 Å². The third kappa shape index (κ3) is 5.90. The minimum absolute atomic E-state index is 0.0632. The molecular formula is C20H15Cl3N2O4. The average molecular weight is 454 g/mol. The van der Waals surface area contributed by atoms with E-state index >= 15 is 0 Å². The summed E-state index contributed by atoms with van der Waals surface area (Å²) in [5, 5.41) is 6.20. The molecule has 0 atom stereocenters. The van der Waals surface area contributed by atoms with Crippen LogP contribution in [0.2, 0.25) is 15.1 Å². The van der Waals surface area contributed by atoms with Gasteiger partial charge in [-0.05, 0) is 48.5 Å². The highest BCUT2D eigenvalue weighted by molar-refractivity contribution is 6.44. The van der Waals surface area contributed by atoms with Gasteiger partial charge in [0.25, 0.3) is 5.91 Å². The van der Waals surface area contributed by atoms with E-state index in [1.54, 1.807) is 48.5 Å². The lowest BCUT2D eigenvalue weighted by molar-refractivity contribution is -0.115. The molecule has 29 heavy (non-hydrogen) atoms. The van der Waals surface area contributed by atoms with Gasteiger partial charge in [0.15, 0.2) is 5.76 Å². The molecule has 0 saturated heterocycles. The van der Waals surface area contributed by atoms with Gasteiger partial charge in [-0.25, -0.2) is 0 Å². The first-order valence-corrected chi connectivity index (χ1v) is 9.55. The summed E-state index contributed by atoms with van der Waals surface area (Å²) in [6, 6.07) is 14.9. The molecule has 9 heteroatoms. The Kier molecular flexibility index (Phi) is 7.04. The topological polar surface area (TPSA) is 80.6 Å². The van der Waals surface area contributed by atoms with Crippen molar-refractivity contribution in [3.8, 4) is 5.75 Å². The molecule has 0 aliphatic carbocycles. The standard InChI is InChI=1S/C20H15Cl3N2O4/c21-12-4-6-13(7-5-12)28-11-14-8-9-17(29-14)20(27)24-10-18(26)25-16-3-1-2-15(22)19(16)23/h1-9H,10-11H2,(H,24,27)(H,25,26). The molecule has 2 amide bonds. The lowest BCUT2D eigenvalue weighted by atomic mass is 10.3. The smallest absolute Gasteiger partial charge is 0.287 e. The molecule has 0 bridgehead atoms. The molecule has 0 spiro atoms. The Labute approximate surface area is 181 Å². The zero-order valence-electron chi connectivity index (χ0n) is 14.9. The molecule has 2 N–H and O–H groups in total. The number of hydrogen-bond acceptors (Lipinski definition) is 4. The summed E-state index contributed by atoms with van der Waals surface area (Å²) in [7, 11) is 0. The van der Waals surface area contributed by atoms with Crippen LogP contribution in [0.25, 0.3) is 0 Å². The Morgan fingerprint density at radius 1 is 0.966 bits per heavy atom. The van der Waals surface area contributed by atoms with Gasteiger partial charge in [-0.1, -0.05) is 40.9 Å². The molecule has 150 valence electrons. The Morgan fingerprint density at radius 2 is 1.72 bits per heavy atom. The highest BCUT2D eigenvalue weighted by Gasteiger charge is 2.14. The van der Waals surface area contributed by atoms with Gasteiger partial charge < -0.3 is 19.8 Å². The van der Waals surface area contributed by atoms with Gasteiger partial charge in [-0.2, -0.15) is 0 Å². The molecule has 0 aliphatic heterocycles. The molecular weight excluding hydrogens is 439 g/mol. The fourth-order valence-electron chi connectivity index (χ4n) is 2.31. The number of benzene rings is 2. The number of hydrogen-bond donors (Lipinski definition) is 2. The van der Waals surface area contributed by atoms with Gasteiger partial charge in [-0.15, -0.1) is 0 Å². The first-order chi connectivity index (χ1) is 13.9. The number of carbonyl (C=O) groups is 2. The molecule has 0 aliphatic rings. The van der Waals surface area contributed by atoms with Crippen LogP contribution in [0.4, 0.5) is 5.69 Å². The summed E-state index contributed by atoms with van der Waals surface area (Å²) in [5.41, 5.74) is 0.359. The SMILES string of the molecule is O=C(CNC(=O)c1ccc(COc2ccc(Cl)cc2)o1)Nc1cccc(Cl)c1Cl. The summed E-state index contributed by atoms with van der Waals surface area (Å²) in [4.78, 5) is 24.2. The minimum atomic E-state index is -0.532. The van der Waals surface area contributed by atoms with Gasteiger partial charge in [0.05, 0.1) is 22.3 Å². The number of anilines is 1. The fourth-order valence-corrected chi connectivity index (χ4v) is 2.78. The van der Waals surface area contributed by atoms with E-state index in [1.807, 2.05) is 0 Å². The number of rotatable bonds is 7. The maximum atomic E-state index is 12.2. The number of furan rings is 1. The van der Waals surface area contributed by atoms with Crippen molar-refractivity contribution in [2.75, 3.05) is 11.9 Å². The second-order valence-corrected chi connectivity index (χ2v) is 7.06. The second-order valence-electron chi connectivity index (χ2n) is 5.84. The number of nitrogens with one attached hydrogen (secondary N) is 2. The van der Waals surface area contributed by atoms with Gasteiger partial charge in [0.1, 0.15) is 18.1 Å². The van der Waals surface area contributed by atoms with Crippen LogP contribution in [-0.4, -0.2) is 18.4 Å². The molecule has 1 aromatic heterocycles. The van der Waals surface area contributed by atoms with Crippen LogP contribution >= 0.6 is 34.8 Å². The van der Waals surface area contributed by atoms with Crippen LogP contribution in [-0.2, 0) is 11.4 Å². The molecule has 3 rings (SSSR count). The highest BCUT2D eigenvalue weighted by Crippen LogP contribution is 2.29. The third-order valence-corrected chi connectivity index (χ3v) is 4.79. The van der Waals surface area contributed by atoms with Crippen LogP contribution in [0.5, 0.6) is 5.75 Å². The summed E-state index contributed by atoms with van der Waals surface area (Å²) < 4.78 is 11.0. The Morgan fingerprint density at radius 3 is 2.48 bits per heavy atom. The summed E-state index contributed by atoms with van der Waals surface area (Å²) in [6.45, 7) is -0.123.